The third-order valence-corrected chi connectivity index (χ3v) is 2.98. The predicted molar refractivity (Wildman–Crippen MR) is 50.9 cm³/mol. The minimum Gasteiger partial charge on any atom is -0.237 e. The van der Waals surface area contributed by atoms with E-state index in [1.165, 1.54) is 0 Å². The van der Waals surface area contributed by atoms with Gasteiger partial charge in [-0.25, -0.2) is 8.78 Å². The molecule has 18 heteroatoms. The summed E-state index contributed by atoms with van der Waals surface area (Å²) in [6.07, 6.45) is -24.3. The normalized spacial score (nSPS) is 17.4. The lowest BCUT2D eigenvalue weighted by molar-refractivity contribution is -0.407. The quantitative estimate of drug-likeness (QED) is 0.379. The molecule has 0 heterocycles. The van der Waals surface area contributed by atoms with Gasteiger partial charge in [0.2, 0.25) is 18.2 Å². The van der Waals surface area contributed by atoms with Gasteiger partial charge in [0.15, 0.2) is 0 Å². The second-order valence-corrected chi connectivity index (χ2v) is 4.84. The molecule has 2 atom stereocenters. The Morgan fingerprint density at radius 2 is 0.821 bits per heavy atom. The molecular weight excluding hydrogens is 462 g/mol. The lowest BCUT2D eigenvalue weighted by Gasteiger charge is -2.37. The molecule has 0 fully saturated rings. The van der Waals surface area contributed by atoms with Crippen molar-refractivity contribution in [1.29, 1.82) is 0 Å². The van der Waals surface area contributed by atoms with Gasteiger partial charge in [-0.1, -0.05) is 0 Å². The Morgan fingerprint density at radius 1 is 0.500 bits per heavy atom. The van der Waals surface area contributed by atoms with Crippen LogP contribution in [-0.2, 0) is 0 Å². The highest BCUT2D eigenvalue weighted by Crippen LogP contribution is 2.57. The van der Waals surface area contributed by atoms with Crippen molar-refractivity contribution in [3.63, 3.8) is 0 Å². The summed E-state index contributed by atoms with van der Waals surface area (Å²) >= 11 is 0. The first-order valence-electron chi connectivity index (χ1n) is 5.87. The smallest absolute Gasteiger partial charge is 0.237 e. The van der Waals surface area contributed by atoms with Gasteiger partial charge in [-0.05, 0) is 0 Å². The topological polar surface area (TPSA) is 0 Å². The standard InChI is InChI=1S/C10H2F18/c11-1(5(16,17)6(18,19)3(13)4(14)15)2(12)7(20,21)8(22,23)9(24,25)10(26,27)28/h1-2H. The third kappa shape index (κ3) is 3.69. The van der Waals surface area contributed by atoms with Crippen molar-refractivity contribution in [2.45, 2.75) is 48.1 Å². The van der Waals surface area contributed by atoms with Gasteiger partial charge in [-0.3, -0.25) is 0 Å². The predicted octanol–water partition coefficient (Wildman–Crippen LogP) is 6.48. The zero-order valence-corrected chi connectivity index (χ0v) is 12.0. The monoisotopic (exact) mass is 464 g/mol. The molecule has 0 nitrogen and oxygen atoms in total. The van der Waals surface area contributed by atoms with Gasteiger partial charge in [-0.15, -0.1) is 0 Å². The third-order valence-electron chi connectivity index (χ3n) is 2.98. The average molecular weight is 464 g/mol. The second kappa shape index (κ2) is 7.07. The van der Waals surface area contributed by atoms with Crippen molar-refractivity contribution < 1.29 is 79.0 Å². The first-order valence-corrected chi connectivity index (χ1v) is 5.87. The van der Waals surface area contributed by atoms with Gasteiger partial charge < -0.3 is 0 Å². The van der Waals surface area contributed by atoms with E-state index in [4.69, 9.17) is 0 Å². The lowest BCUT2D eigenvalue weighted by Crippen LogP contribution is -2.67. The number of halogens is 18. The molecule has 0 bridgehead atoms. The van der Waals surface area contributed by atoms with E-state index in [1.807, 2.05) is 0 Å². The number of hydrogen-bond donors (Lipinski definition) is 0. The van der Waals surface area contributed by atoms with Crippen molar-refractivity contribution in [1.82, 2.24) is 0 Å². The van der Waals surface area contributed by atoms with Crippen LogP contribution in [-0.4, -0.2) is 48.1 Å². The maximum Gasteiger partial charge on any atom is 0.460 e. The minimum atomic E-state index is -8.03. The van der Waals surface area contributed by atoms with Gasteiger partial charge >= 0.3 is 41.9 Å². The molecule has 0 saturated heterocycles. The highest BCUT2D eigenvalue weighted by molar-refractivity contribution is 5.16. The first kappa shape index (κ1) is 26.5. The van der Waals surface area contributed by atoms with Crippen molar-refractivity contribution in [3.05, 3.63) is 11.9 Å². The van der Waals surface area contributed by atoms with Crippen LogP contribution in [0.25, 0.3) is 0 Å². The Labute approximate surface area is 140 Å². The maximum atomic E-state index is 13.0. The number of hydrogen-bond acceptors (Lipinski definition) is 0. The van der Waals surface area contributed by atoms with E-state index >= 15 is 0 Å². The fourth-order valence-electron chi connectivity index (χ4n) is 1.37. The number of allylic oxidation sites excluding steroid dienone is 1. The van der Waals surface area contributed by atoms with Crippen LogP contribution in [0.2, 0.25) is 0 Å². The van der Waals surface area contributed by atoms with Crippen LogP contribution in [0, 0.1) is 0 Å². The molecule has 0 aliphatic rings. The zero-order valence-electron chi connectivity index (χ0n) is 12.0. The van der Waals surface area contributed by atoms with Crippen LogP contribution in [0.4, 0.5) is 79.0 Å². The highest BCUT2D eigenvalue weighted by atomic mass is 19.4. The second-order valence-electron chi connectivity index (χ2n) is 4.84. The van der Waals surface area contributed by atoms with Crippen LogP contribution >= 0.6 is 0 Å². The molecule has 0 aromatic heterocycles. The largest absolute Gasteiger partial charge is 0.460 e. The summed E-state index contributed by atoms with van der Waals surface area (Å²) in [7, 11) is 0. The van der Waals surface area contributed by atoms with E-state index in [9.17, 15) is 79.0 Å². The van der Waals surface area contributed by atoms with Crippen LogP contribution in [0.3, 0.4) is 0 Å². The number of alkyl halides is 15. The summed E-state index contributed by atoms with van der Waals surface area (Å²) in [6, 6.07) is 0. The summed E-state index contributed by atoms with van der Waals surface area (Å²) in [6.45, 7) is 0. The number of rotatable bonds is 7. The van der Waals surface area contributed by atoms with Crippen molar-refractivity contribution >= 4 is 0 Å². The zero-order chi connectivity index (χ0) is 23.3. The van der Waals surface area contributed by atoms with Gasteiger partial charge in [0.05, 0.1) is 0 Å². The molecule has 0 saturated carbocycles. The summed E-state index contributed by atoms with van der Waals surface area (Å²) in [5.74, 6) is -42.8. The molecule has 0 aromatic carbocycles. The van der Waals surface area contributed by atoms with Crippen LogP contribution in [0.5, 0.6) is 0 Å². The summed E-state index contributed by atoms with van der Waals surface area (Å²) in [5, 5.41) is 0. The van der Waals surface area contributed by atoms with E-state index in [-0.39, 0.29) is 0 Å². The summed E-state index contributed by atoms with van der Waals surface area (Å²) in [5.41, 5.74) is 0. The fraction of sp³-hybridized carbons (Fsp3) is 0.800. The molecule has 28 heavy (non-hydrogen) atoms. The molecular formula is C10H2F18. The van der Waals surface area contributed by atoms with Crippen molar-refractivity contribution in [2.75, 3.05) is 0 Å². The molecule has 0 aromatic rings. The SMILES string of the molecule is FC(F)=C(F)C(F)(F)C(F)(F)C(F)C(F)C(F)(F)C(F)(F)C(F)(F)C(F)(F)F. The molecule has 0 rings (SSSR count). The van der Waals surface area contributed by atoms with Crippen molar-refractivity contribution in [3.8, 4) is 0 Å². The van der Waals surface area contributed by atoms with Crippen molar-refractivity contribution in [2.24, 2.45) is 0 Å². The Morgan fingerprint density at radius 3 is 1.11 bits per heavy atom. The Bertz CT molecular complexity index is 592. The highest BCUT2D eigenvalue weighted by Gasteiger charge is 2.85. The Balaban J connectivity index is 6.28. The van der Waals surface area contributed by atoms with Crippen LogP contribution in [0.15, 0.2) is 11.9 Å². The lowest BCUT2D eigenvalue weighted by atomic mass is 9.92. The summed E-state index contributed by atoms with van der Waals surface area (Å²) < 4.78 is 225. The first-order chi connectivity index (χ1) is 11.9. The van der Waals surface area contributed by atoms with Gasteiger partial charge in [0.1, 0.15) is 0 Å². The molecule has 0 spiro atoms. The summed E-state index contributed by atoms with van der Waals surface area (Å²) in [4.78, 5) is 0. The van der Waals surface area contributed by atoms with Gasteiger partial charge in [0, 0.05) is 0 Å². The molecule has 0 aliphatic heterocycles. The van der Waals surface area contributed by atoms with E-state index in [0.29, 0.717) is 0 Å². The fourth-order valence-corrected chi connectivity index (χ4v) is 1.37. The van der Waals surface area contributed by atoms with Crippen LogP contribution < -0.4 is 0 Å². The molecule has 0 amide bonds. The van der Waals surface area contributed by atoms with E-state index < -0.39 is 60.0 Å². The van der Waals surface area contributed by atoms with Crippen LogP contribution in [0.1, 0.15) is 0 Å². The van der Waals surface area contributed by atoms with E-state index in [0.717, 1.165) is 0 Å². The average Bonchev–Trinajstić information content (AvgIpc) is 2.50. The minimum absolute atomic E-state index is 4.33. The Hall–Kier alpha value is -1.52. The molecule has 0 radical (unpaired) electrons. The molecule has 168 valence electrons. The van der Waals surface area contributed by atoms with Gasteiger partial charge in [0.25, 0.3) is 0 Å². The molecule has 0 aliphatic carbocycles. The Kier molecular flexibility index (Phi) is 6.68. The van der Waals surface area contributed by atoms with Gasteiger partial charge in [-0.2, -0.15) is 70.2 Å². The van der Waals surface area contributed by atoms with E-state index in [1.54, 1.807) is 0 Å². The maximum absolute atomic E-state index is 13.0. The van der Waals surface area contributed by atoms with E-state index in [2.05, 4.69) is 0 Å². The molecule has 0 N–H and O–H groups in total. The molecule has 2 unspecified atom stereocenters.